The van der Waals surface area contributed by atoms with Crippen LogP contribution in [0.5, 0.6) is 0 Å². The number of benzene rings is 3. The number of hydrogen-bond donors (Lipinski definition) is 2. The highest BCUT2D eigenvalue weighted by molar-refractivity contribution is 5.99. The topological polar surface area (TPSA) is 61.4 Å². The van der Waals surface area contributed by atoms with Crippen molar-refractivity contribution < 1.29 is 9.59 Å². The van der Waals surface area contributed by atoms with Crippen LogP contribution in [0.15, 0.2) is 78.9 Å². The standard InChI is InChI=1S/C23H21N3O2/c27-22(14-24-23(28)17-6-2-1-3-7-17)25-20-10-12-21(13-11-20)26-15-18-8-4-5-9-19(18)16-26/h1-13H,14-16H2,(H,24,28)(H,25,27). The van der Waals surface area contributed by atoms with Crippen LogP contribution in [-0.2, 0) is 17.9 Å². The largest absolute Gasteiger partial charge is 0.363 e. The number of rotatable bonds is 5. The molecule has 5 heteroatoms. The molecule has 28 heavy (non-hydrogen) atoms. The molecule has 0 bridgehead atoms. The fraction of sp³-hybridized carbons (Fsp3) is 0.130. The second-order valence-electron chi connectivity index (χ2n) is 6.77. The van der Waals surface area contributed by atoms with Gasteiger partial charge in [-0.05, 0) is 47.5 Å². The molecule has 1 heterocycles. The Morgan fingerprint density at radius 1 is 0.786 bits per heavy atom. The molecule has 2 amide bonds. The molecule has 0 atom stereocenters. The van der Waals surface area contributed by atoms with Gasteiger partial charge in [-0.15, -0.1) is 0 Å². The van der Waals surface area contributed by atoms with E-state index in [-0.39, 0.29) is 18.4 Å². The number of nitrogens with one attached hydrogen (secondary N) is 2. The Morgan fingerprint density at radius 2 is 1.39 bits per heavy atom. The molecule has 140 valence electrons. The van der Waals surface area contributed by atoms with Crippen molar-refractivity contribution in [1.82, 2.24) is 5.32 Å². The summed E-state index contributed by atoms with van der Waals surface area (Å²) in [5, 5.41) is 5.44. The smallest absolute Gasteiger partial charge is 0.251 e. The van der Waals surface area contributed by atoms with Gasteiger partial charge in [0.1, 0.15) is 0 Å². The Morgan fingerprint density at radius 3 is 2.04 bits per heavy atom. The lowest BCUT2D eigenvalue weighted by molar-refractivity contribution is -0.115. The Bertz CT molecular complexity index is 959. The average Bonchev–Trinajstić information content (AvgIpc) is 3.17. The van der Waals surface area contributed by atoms with E-state index in [1.54, 1.807) is 24.3 Å². The maximum absolute atomic E-state index is 12.1. The molecule has 0 fully saturated rings. The van der Waals surface area contributed by atoms with Crippen LogP contribution in [0.3, 0.4) is 0 Å². The quantitative estimate of drug-likeness (QED) is 0.721. The van der Waals surface area contributed by atoms with Crippen molar-refractivity contribution in [1.29, 1.82) is 0 Å². The number of amides is 2. The molecule has 1 aliphatic rings. The van der Waals surface area contributed by atoms with Gasteiger partial charge < -0.3 is 15.5 Å². The minimum absolute atomic E-state index is 0.0725. The van der Waals surface area contributed by atoms with Crippen LogP contribution in [0.1, 0.15) is 21.5 Å². The molecular weight excluding hydrogens is 350 g/mol. The SMILES string of the molecule is O=C(CNC(=O)c1ccccc1)Nc1ccc(N2Cc3ccccc3C2)cc1. The number of nitrogens with zero attached hydrogens (tertiary/aromatic N) is 1. The summed E-state index contributed by atoms with van der Waals surface area (Å²) in [5.41, 5.74) is 5.07. The zero-order valence-electron chi connectivity index (χ0n) is 15.4. The Hall–Kier alpha value is -3.60. The fourth-order valence-corrected chi connectivity index (χ4v) is 3.33. The third-order valence-electron chi connectivity index (χ3n) is 4.80. The van der Waals surface area contributed by atoms with Crippen LogP contribution < -0.4 is 15.5 Å². The predicted octanol–water partition coefficient (Wildman–Crippen LogP) is 3.58. The summed E-state index contributed by atoms with van der Waals surface area (Å²) in [6, 6.07) is 25.1. The summed E-state index contributed by atoms with van der Waals surface area (Å²) in [4.78, 5) is 26.4. The average molecular weight is 371 g/mol. The highest BCUT2D eigenvalue weighted by atomic mass is 16.2. The molecule has 0 spiro atoms. The summed E-state index contributed by atoms with van der Waals surface area (Å²) >= 11 is 0. The van der Waals surface area contributed by atoms with E-state index >= 15 is 0 Å². The summed E-state index contributed by atoms with van der Waals surface area (Å²) < 4.78 is 0. The van der Waals surface area contributed by atoms with Gasteiger partial charge in [-0.1, -0.05) is 42.5 Å². The number of fused-ring (bicyclic) bond motifs is 1. The summed E-state index contributed by atoms with van der Waals surface area (Å²) in [5.74, 6) is -0.523. The predicted molar refractivity (Wildman–Crippen MR) is 110 cm³/mol. The van der Waals surface area contributed by atoms with E-state index in [1.165, 1.54) is 11.1 Å². The van der Waals surface area contributed by atoms with Crippen LogP contribution in [0.2, 0.25) is 0 Å². The van der Waals surface area contributed by atoms with E-state index in [9.17, 15) is 9.59 Å². The maximum atomic E-state index is 12.1. The minimum atomic E-state index is -0.264. The van der Waals surface area contributed by atoms with E-state index in [0.29, 0.717) is 11.3 Å². The number of anilines is 2. The highest BCUT2D eigenvalue weighted by Gasteiger charge is 2.18. The van der Waals surface area contributed by atoms with Crippen LogP contribution in [0.25, 0.3) is 0 Å². The summed E-state index contributed by atoms with van der Waals surface area (Å²) in [7, 11) is 0. The second kappa shape index (κ2) is 7.96. The van der Waals surface area contributed by atoms with E-state index in [2.05, 4.69) is 39.8 Å². The molecule has 0 aliphatic carbocycles. The van der Waals surface area contributed by atoms with Gasteiger partial charge in [-0.25, -0.2) is 0 Å². The van der Waals surface area contributed by atoms with Crippen molar-refractivity contribution in [3.8, 4) is 0 Å². The lowest BCUT2D eigenvalue weighted by Gasteiger charge is -2.18. The molecule has 2 N–H and O–H groups in total. The first kappa shape index (κ1) is 17.8. The first-order chi connectivity index (χ1) is 13.7. The minimum Gasteiger partial charge on any atom is -0.363 e. The molecular formula is C23H21N3O2. The van der Waals surface area contributed by atoms with Crippen molar-refractivity contribution in [2.45, 2.75) is 13.1 Å². The van der Waals surface area contributed by atoms with Gasteiger partial charge in [0.25, 0.3) is 5.91 Å². The highest BCUT2D eigenvalue weighted by Crippen LogP contribution is 2.28. The fourth-order valence-electron chi connectivity index (χ4n) is 3.33. The van der Waals surface area contributed by atoms with Gasteiger partial charge in [0.05, 0.1) is 6.54 Å². The molecule has 0 saturated heterocycles. The van der Waals surface area contributed by atoms with Crippen LogP contribution in [0, 0.1) is 0 Å². The number of carbonyl (C=O) groups excluding carboxylic acids is 2. The Kier molecular flexibility index (Phi) is 5.06. The molecule has 0 aromatic heterocycles. The van der Waals surface area contributed by atoms with Gasteiger partial charge in [-0.3, -0.25) is 9.59 Å². The van der Waals surface area contributed by atoms with E-state index < -0.39 is 0 Å². The Labute approximate surface area is 164 Å². The zero-order valence-corrected chi connectivity index (χ0v) is 15.4. The maximum Gasteiger partial charge on any atom is 0.251 e. The third-order valence-corrected chi connectivity index (χ3v) is 4.80. The lowest BCUT2D eigenvalue weighted by atomic mass is 10.1. The van der Waals surface area contributed by atoms with E-state index in [1.807, 2.05) is 30.3 Å². The summed E-state index contributed by atoms with van der Waals surface area (Å²) in [6.45, 7) is 1.72. The normalized spacial score (nSPS) is 12.4. The van der Waals surface area contributed by atoms with Crippen molar-refractivity contribution in [2.75, 3.05) is 16.8 Å². The monoisotopic (exact) mass is 371 g/mol. The molecule has 0 unspecified atom stereocenters. The molecule has 3 aromatic carbocycles. The van der Waals surface area contributed by atoms with Crippen molar-refractivity contribution in [3.63, 3.8) is 0 Å². The first-order valence-corrected chi connectivity index (χ1v) is 9.24. The second-order valence-corrected chi connectivity index (χ2v) is 6.77. The van der Waals surface area contributed by atoms with E-state index in [4.69, 9.17) is 0 Å². The van der Waals surface area contributed by atoms with Crippen molar-refractivity contribution in [3.05, 3.63) is 95.6 Å². The van der Waals surface area contributed by atoms with E-state index in [0.717, 1.165) is 18.8 Å². The Balaban J connectivity index is 1.30. The van der Waals surface area contributed by atoms with Crippen LogP contribution in [-0.4, -0.2) is 18.4 Å². The summed E-state index contributed by atoms with van der Waals surface area (Å²) in [6.07, 6.45) is 0. The van der Waals surface area contributed by atoms with Crippen LogP contribution >= 0.6 is 0 Å². The van der Waals surface area contributed by atoms with Gasteiger partial charge >= 0.3 is 0 Å². The van der Waals surface area contributed by atoms with Gasteiger partial charge in [0.2, 0.25) is 5.91 Å². The first-order valence-electron chi connectivity index (χ1n) is 9.24. The lowest BCUT2D eigenvalue weighted by Crippen LogP contribution is -2.32. The van der Waals surface area contributed by atoms with Crippen molar-refractivity contribution >= 4 is 23.2 Å². The molecule has 1 aliphatic heterocycles. The molecule has 3 aromatic rings. The molecule has 4 rings (SSSR count). The zero-order chi connectivity index (χ0) is 19.3. The number of carbonyl (C=O) groups is 2. The van der Waals surface area contributed by atoms with Crippen molar-refractivity contribution in [2.24, 2.45) is 0 Å². The van der Waals surface area contributed by atoms with Gasteiger partial charge in [0, 0.05) is 30.0 Å². The van der Waals surface area contributed by atoms with Gasteiger partial charge in [0.15, 0.2) is 0 Å². The van der Waals surface area contributed by atoms with Crippen LogP contribution in [0.4, 0.5) is 11.4 Å². The third kappa shape index (κ3) is 4.04. The molecule has 0 radical (unpaired) electrons. The van der Waals surface area contributed by atoms with Gasteiger partial charge in [-0.2, -0.15) is 0 Å². The molecule has 0 saturated carbocycles. The molecule has 5 nitrogen and oxygen atoms in total. The number of hydrogen-bond acceptors (Lipinski definition) is 3.